The minimum Gasteiger partial charge on any atom is -0.469 e. The lowest BCUT2D eigenvalue weighted by atomic mass is 9.95. The number of nitrogens with zero attached hydrogens (tertiary/aromatic N) is 2. The zero-order chi connectivity index (χ0) is 14.5. The topological polar surface area (TPSA) is 64.3 Å². The Morgan fingerprint density at radius 3 is 2.70 bits per heavy atom. The van der Waals surface area contributed by atoms with Gasteiger partial charge in [-0.25, -0.2) is 4.68 Å². The van der Waals surface area contributed by atoms with Gasteiger partial charge in [0.15, 0.2) is 0 Å². The van der Waals surface area contributed by atoms with Crippen molar-refractivity contribution in [3.63, 3.8) is 0 Å². The molecule has 5 nitrogen and oxygen atoms in total. The van der Waals surface area contributed by atoms with Crippen molar-refractivity contribution in [3.05, 3.63) is 48.3 Å². The van der Waals surface area contributed by atoms with Crippen LogP contribution < -0.4 is 0 Å². The van der Waals surface area contributed by atoms with Crippen molar-refractivity contribution in [1.29, 1.82) is 0 Å². The molecule has 1 heterocycles. The molecule has 0 bridgehead atoms. The summed E-state index contributed by atoms with van der Waals surface area (Å²) in [6.07, 6.45) is 2.89. The van der Waals surface area contributed by atoms with Gasteiger partial charge in [-0.1, -0.05) is 25.1 Å². The summed E-state index contributed by atoms with van der Waals surface area (Å²) in [4.78, 5) is 11.6. The summed E-state index contributed by atoms with van der Waals surface area (Å²) in [6.45, 7) is 1.84. The summed E-state index contributed by atoms with van der Waals surface area (Å²) in [5, 5.41) is 14.5. The quantitative estimate of drug-likeness (QED) is 0.848. The van der Waals surface area contributed by atoms with Gasteiger partial charge in [-0.3, -0.25) is 4.79 Å². The molecule has 1 aromatic heterocycles. The maximum absolute atomic E-state index is 11.6. The second-order valence-electron chi connectivity index (χ2n) is 4.54. The minimum atomic E-state index is -0.912. The molecule has 0 spiro atoms. The minimum absolute atomic E-state index is 0.410. The summed E-state index contributed by atoms with van der Waals surface area (Å²) in [5.41, 5.74) is 1.50. The lowest BCUT2D eigenvalue weighted by Crippen LogP contribution is -2.22. The first-order chi connectivity index (χ1) is 9.67. The molecule has 2 aromatic rings. The van der Waals surface area contributed by atoms with Crippen LogP contribution in [0.4, 0.5) is 0 Å². The SMILES string of the molecule is CCC(C(=O)OC)C(O)c1cnn(-c2ccccc2)c1. The van der Waals surface area contributed by atoms with E-state index in [1.165, 1.54) is 7.11 Å². The highest BCUT2D eigenvalue weighted by molar-refractivity contribution is 5.73. The van der Waals surface area contributed by atoms with E-state index < -0.39 is 18.0 Å². The molecular formula is C15H18N2O3. The number of aliphatic hydroxyl groups excluding tert-OH is 1. The highest BCUT2D eigenvalue weighted by atomic mass is 16.5. The molecule has 2 atom stereocenters. The number of hydrogen-bond acceptors (Lipinski definition) is 4. The Morgan fingerprint density at radius 1 is 1.40 bits per heavy atom. The van der Waals surface area contributed by atoms with Crippen LogP contribution in [0.15, 0.2) is 42.7 Å². The van der Waals surface area contributed by atoms with Crippen LogP contribution >= 0.6 is 0 Å². The zero-order valence-electron chi connectivity index (χ0n) is 11.6. The number of rotatable bonds is 5. The third kappa shape index (κ3) is 2.88. The van der Waals surface area contributed by atoms with E-state index in [1.54, 1.807) is 17.1 Å². The smallest absolute Gasteiger partial charge is 0.311 e. The Labute approximate surface area is 117 Å². The van der Waals surface area contributed by atoms with Gasteiger partial charge >= 0.3 is 5.97 Å². The third-order valence-corrected chi connectivity index (χ3v) is 3.29. The van der Waals surface area contributed by atoms with Gasteiger partial charge in [0.2, 0.25) is 0 Å². The van der Waals surface area contributed by atoms with Crippen molar-refractivity contribution in [1.82, 2.24) is 9.78 Å². The van der Waals surface area contributed by atoms with E-state index in [4.69, 9.17) is 4.74 Å². The predicted octanol–water partition coefficient (Wildman–Crippen LogP) is 2.10. The second kappa shape index (κ2) is 6.34. The molecule has 106 valence electrons. The molecule has 0 saturated carbocycles. The Morgan fingerprint density at radius 2 is 2.10 bits per heavy atom. The first-order valence-electron chi connectivity index (χ1n) is 6.53. The van der Waals surface area contributed by atoms with E-state index in [1.807, 2.05) is 37.3 Å². The molecule has 0 fully saturated rings. The van der Waals surface area contributed by atoms with Crippen molar-refractivity contribution < 1.29 is 14.6 Å². The first kappa shape index (κ1) is 14.3. The van der Waals surface area contributed by atoms with Gasteiger partial charge < -0.3 is 9.84 Å². The number of hydrogen-bond donors (Lipinski definition) is 1. The monoisotopic (exact) mass is 274 g/mol. The number of aliphatic hydroxyl groups is 1. The van der Waals surface area contributed by atoms with Crippen LogP contribution in [0.25, 0.3) is 5.69 Å². The molecular weight excluding hydrogens is 256 g/mol. The van der Waals surface area contributed by atoms with Crippen molar-refractivity contribution in [2.45, 2.75) is 19.4 Å². The van der Waals surface area contributed by atoms with Crippen molar-refractivity contribution >= 4 is 5.97 Å². The summed E-state index contributed by atoms with van der Waals surface area (Å²) in [6, 6.07) is 9.58. The van der Waals surface area contributed by atoms with Gasteiger partial charge in [-0.05, 0) is 18.6 Å². The third-order valence-electron chi connectivity index (χ3n) is 3.29. The van der Waals surface area contributed by atoms with Crippen LogP contribution in [0.5, 0.6) is 0 Å². The standard InChI is InChI=1S/C15H18N2O3/c1-3-13(15(19)20-2)14(18)11-9-16-17(10-11)12-7-5-4-6-8-12/h4-10,13-14,18H,3H2,1-2H3. The predicted molar refractivity (Wildman–Crippen MR) is 74.3 cm³/mol. The number of methoxy groups -OCH3 is 1. The maximum Gasteiger partial charge on any atom is 0.311 e. The summed E-state index contributed by atoms with van der Waals surface area (Å²) < 4.78 is 6.38. The van der Waals surface area contributed by atoms with Crippen LogP contribution in [0.3, 0.4) is 0 Å². The van der Waals surface area contributed by atoms with Gasteiger partial charge in [-0.15, -0.1) is 0 Å². The van der Waals surface area contributed by atoms with Gasteiger partial charge in [0.1, 0.15) is 0 Å². The van der Waals surface area contributed by atoms with E-state index in [-0.39, 0.29) is 0 Å². The van der Waals surface area contributed by atoms with E-state index >= 15 is 0 Å². The highest BCUT2D eigenvalue weighted by Gasteiger charge is 2.28. The summed E-state index contributed by atoms with van der Waals surface area (Å²) in [7, 11) is 1.32. The van der Waals surface area contributed by atoms with E-state index in [0.717, 1.165) is 5.69 Å². The highest BCUT2D eigenvalue weighted by Crippen LogP contribution is 2.26. The average molecular weight is 274 g/mol. The van der Waals surface area contributed by atoms with Crippen molar-refractivity contribution in [2.75, 3.05) is 7.11 Å². The number of para-hydroxylation sites is 1. The largest absolute Gasteiger partial charge is 0.469 e. The molecule has 0 radical (unpaired) electrons. The molecule has 2 unspecified atom stereocenters. The van der Waals surface area contributed by atoms with E-state index in [2.05, 4.69) is 5.10 Å². The number of ether oxygens (including phenoxy) is 1. The summed E-state index contributed by atoms with van der Waals surface area (Å²) in [5.74, 6) is -0.985. The normalized spacial score (nSPS) is 13.8. The van der Waals surface area contributed by atoms with Crippen LogP contribution in [0, 0.1) is 5.92 Å². The maximum atomic E-state index is 11.6. The number of carbonyl (C=O) groups is 1. The fraction of sp³-hybridized carbons (Fsp3) is 0.333. The number of carbonyl (C=O) groups excluding carboxylic acids is 1. The molecule has 0 aliphatic heterocycles. The molecule has 5 heteroatoms. The van der Waals surface area contributed by atoms with Crippen LogP contribution in [0.1, 0.15) is 25.0 Å². The molecule has 0 aliphatic carbocycles. The fourth-order valence-electron chi connectivity index (χ4n) is 2.11. The van der Waals surface area contributed by atoms with E-state index in [9.17, 15) is 9.90 Å². The second-order valence-corrected chi connectivity index (χ2v) is 4.54. The number of esters is 1. The Balaban J connectivity index is 2.22. The summed E-state index contributed by atoms with van der Waals surface area (Å²) >= 11 is 0. The van der Waals surface area contributed by atoms with E-state index in [0.29, 0.717) is 12.0 Å². The fourth-order valence-corrected chi connectivity index (χ4v) is 2.11. The Bertz CT molecular complexity index is 566. The molecule has 20 heavy (non-hydrogen) atoms. The van der Waals surface area contributed by atoms with Gasteiger partial charge in [0, 0.05) is 11.8 Å². The van der Waals surface area contributed by atoms with Crippen LogP contribution in [0.2, 0.25) is 0 Å². The van der Waals surface area contributed by atoms with Crippen molar-refractivity contribution in [3.8, 4) is 5.69 Å². The average Bonchev–Trinajstić information content (AvgIpc) is 2.98. The molecule has 0 saturated heterocycles. The lowest BCUT2D eigenvalue weighted by Gasteiger charge is -2.17. The first-order valence-corrected chi connectivity index (χ1v) is 6.53. The van der Waals surface area contributed by atoms with Crippen molar-refractivity contribution in [2.24, 2.45) is 5.92 Å². The van der Waals surface area contributed by atoms with Gasteiger partial charge in [0.05, 0.1) is 31.0 Å². The van der Waals surface area contributed by atoms with Crippen LogP contribution in [-0.4, -0.2) is 28.0 Å². The molecule has 1 N–H and O–H groups in total. The van der Waals surface area contributed by atoms with Gasteiger partial charge in [0.25, 0.3) is 0 Å². The number of aromatic nitrogens is 2. The molecule has 0 aliphatic rings. The number of benzene rings is 1. The molecule has 0 amide bonds. The molecule has 2 rings (SSSR count). The Kier molecular flexibility index (Phi) is 4.53. The zero-order valence-corrected chi connectivity index (χ0v) is 11.6. The van der Waals surface area contributed by atoms with Crippen LogP contribution in [-0.2, 0) is 9.53 Å². The lowest BCUT2D eigenvalue weighted by molar-refractivity contribution is -0.149. The molecule has 1 aromatic carbocycles. The Hall–Kier alpha value is -2.14. The van der Waals surface area contributed by atoms with Gasteiger partial charge in [-0.2, -0.15) is 5.10 Å².